The third-order valence-electron chi connectivity index (χ3n) is 3.18. The number of nitrogens with zero attached hydrogens (tertiary/aromatic N) is 4. The van der Waals surface area contributed by atoms with Crippen LogP contribution in [0.3, 0.4) is 0 Å². The van der Waals surface area contributed by atoms with Crippen LogP contribution in [0.15, 0.2) is 16.8 Å². The number of hydrogen-bond acceptors (Lipinski definition) is 5. The van der Waals surface area contributed by atoms with Crippen molar-refractivity contribution in [3.8, 4) is 11.5 Å². The smallest absolute Gasteiger partial charge is 0.244 e. The summed E-state index contributed by atoms with van der Waals surface area (Å²) in [4.78, 5) is 4.41. The average molecular weight is 233 g/mol. The summed E-state index contributed by atoms with van der Waals surface area (Å²) >= 11 is 0. The lowest BCUT2D eigenvalue weighted by atomic mass is 10.0. The Hall–Kier alpha value is -1.69. The minimum absolute atomic E-state index is 0.181. The predicted molar refractivity (Wildman–Crippen MR) is 61.0 cm³/mol. The molecule has 2 aromatic heterocycles. The quantitative estimate of drug-likeness (QED) is 0.842. The first-order chi connectivity index (χ1) is 8.24. The molecule has 6 nitrogen and oxygen atoms in total. The van der Waals surface area contributed by atoms with Crippen molar-refractivity contribution in [2.45, 2.75) is 19.4 Å². The lowest BCUT2D eigenvalue weighted by Gasteiger charge is -2.08. The van der Waals surface area contributed by atoms with Crippen molar-refractivity contribution in [3.05, 3.63) is 18.2 Å². The summed E-state index contributed by atoms with van der Waals surface area (Å²) in [5.74, 6) is 1.75. The van der Waals surface area contributed by atoms with Crippen molar-refractivity contribution in [1.29, 1.82) is 0 Å². The summed E-state index contributed by atoms with van der Waals surface area (Å²) < 4.78 is 7.03. The standard InChI is InChI=1S/C11H15N5O/c1-7-3-5-12-9(7)11-13-10(15-17-11)8-4-6-16(2)14-8/h4,6-7,9,12H,3,5H2,1-2H3. The minimum Gasteiger partial charge on any atom is -0.337 e. The van der Waals surface area contributed by atoms with Crippen LogP contribution in [0.5, 0.6) is 0 Å². The van der Waals surface area contributed by atoms with E-state index in [1.807, 2.05) is 19.3 Å². The molecule has 1 fully saturated rings. The molecule has 6 heteroatoms. The number of hydrogen-bond donors (Lipinski definition) is 1. The van der Waals surface area contributed by atoms with Gasteiger partial charge in [0, 0.05) is 13.2 Å². The molecule has 3 rings (SSSR count). The van der Waals surface area contributed by atoms with E-state index >= 15 is 0 Å². The molecule has 0 radical (unpaired) electrons. The molecule has 1 aliphatic heterocycles. The molecule has 0 bridgehead atoms. The minimum atomic E-state index is 0.181. The second-order valence-corrected chi connectivity index (χ2v) is 4.53. The predicted octanol–water partition coefficient (Wildman–Crippen LogP) is 1.14. The van der Waals surface area contributed by atoms with Gasteiger partial charge >= 0.3 is 0 Å². The monoisotopic (exact) mass is 233 g/mol. The van der Waals surface area contributed by atoms with Crippen LogP contribution in [-0.2, 0) is 7.05 Å². The van der Waals surface area contributed by atoms with Crippen molar-refractivity contribution in [2.24, 2.45) is 13.0 Å². The first-order valence-electron chi connectivity index (χ1n) is 5.81. The Morgan fingerprint density at radius 3 is 3.06 bits per heavy atom. The van der Waals surface area contributed by atoms with Crippen molar-refractivity contribution in [1.82, 2.24) is 25.2 Å². The van der Waals surface area contributed by atoms with Gasteiger partial charge in [0.2, 0.25) is 11.7 Å². The Morgan fingerprint density at radius 2 is 2.41 bits per heavy atom. The van der Waals surface area contributed by atoms with Crippen LogP contribution in [0.25, 0.3) is 11.5 Å². The molecule has 2 unspecified atom stereocenters. The summed E-state index contributed by atoms with van der Waals surface area (Å²) in [5, 5.41) is 11.6. The summed E-state index contributed by atoms with van der Waals surface area (Å²) in [6, 6.07) is 2.06. The number of aromatic nitrogens is 4. The second kappa shape index (κ2) is 3.96. The Kier molecular flexibility index (Phi) is 2.44. The topological polar surface area (TPSA) is 68.8 Å². The molecular weight excluding hydrogens is 218 g/mol. The molecule has 0 saturated carbocycles. The van der Waals surface area contributed by atoms with E-state index in [9.17, 15) is 0 Å². The Labute approximate surface area is 99.0 Å². The Balaban J connectivity index is 1.87. The molecule has 2 atom stereocenters. The maximum atomic E-state index is 5.31. The van der Waals surface area contributed by atoms with E-state index in [1.54, 1.807) is 4.68 Å². The third-order valence-corrected chi connectivity index (χ3v) is 3.18. The van der Waals surface area contributed by atoms with Crippen molar-refractivity contribution < 1.29 is 4.52 Å². The van der Waals surface area contributed by atoms with E-state index in [0.29, 0.717) is 17.6 Å². The van der Waals surface area contributed by atoms with Crippen LogP contribution in [0.1, 0.15) is 25.3 Å². The number of aryl methyl sites for hydroxylation is 1. The van der Waals surface area contributed by atoms with E-state index in [1.165, 1.54) is 0 Å². The molecule has 17 heavy (non-hydrogen) atoms. The van der Waals surface area contributed by atoms with Gasteiger partial charge < -0.3 is 9.84 Å². The fourth-order valence-electron chi connectivity index (χ4n) is 2.16. The van der Waals surface area contributed by atoms with Crippen molar-refractivity contribution >= 4 is 0 Å². The van der Waals surface area contributed by atoms with Gasteiger partial charge in [-0.05, 0) is 24.9 Å². The van der Waals surface area contributed by atoms with E-state index in [0.717, 1.165) is 18.7 Å². The van der Waals surface area contributed by atoms with E-state index < -0.39 is 0 Å². The maximum absolute atomic E-state index is 5.31. The first-order valence-corrected chi connectivity index (χ1v) is 5.81. The van der Waals surface area contributed by atoms with Gasteiger partial charge in [-0.2, -0.15) is 10.1 Å². The second-order valence-electron chi connectivity index (χ2n) is 4.53. The van der Waals surface area contributed by atoms with Crippen LogP contribution in [0.2, 0.25) is 0 Å². The molecule has 1 N–H and O–H groups in total. The normalized spacial score (nSPS) is 24.4. The third kappa shape index (κ3) is 1.84. The Bertz CT molecular complexity index is 517. The van der Waals surface area contributed by atoms with Crippen LogP contribution in [0, 0.1) is 5.92 Å². The van der Waals surface area contributed by atoms with Crippen LogP contribution < -0.4 is 5.32 Å². The zero-order chi connectivity index (χ0) is 11.8. The lowest BCUT2D eigenvalue weighted by molar-refractivity contribution is 0.319. The summed E-state index contributed by atoms with van der Waals surface area (Å²) in [5.41, 5.74) is 0.744. The van der Waals surface area contributed by atoms with Crippen LogP contribution in [0.4, 0.5) is 0 Å². The fraction of sp³-hybridized carbons (Fsp3) is 0.545. The highest BCUT2D eigenvalue weighted by Crippen LogP contribution is 2.28. The van der Waals surface area contributed by atoms with Gasteiger partial charge in [0.1, 0.15) is 5.69 Å². The molecule has 0 aliphatic carbocycles. The molecule has 0 amide bonds. The fourth-order valence-corrected chi connectivity index (χ4v) is 2.16. The van der Waals surface area contributed by atoms with Gasteiger partial charge in [-0.15, -0.1) is 0 Å². The van der Waals surface area contributed by atoms with Gasteiger partial charge in [0.05, 0.1) is 6.04 Å². The highest BCUT2D eigenvalue weighted by Gasteiger charge is 2.29. The first kappa shape index (κ1) is 10.5. The molecule has 0 aromatic carbocycles. The average Bonchev–Trinajstić information content (AvgIpc) is 2.97. The van der Waals surface area contributed by atoms with Crippen LogP contribution in [-0.4, -0.2) is 26.5 Å². The van der Waals surface area contributed by atoms with E-state index in [4.69, 9.17) is 4.52 Å². The highest BCUT2D eigenvalue weighted by molar-refractivity contribution is 5.46. The van der Waals surface area contributed by atoms with Gasteiger partial charge in [0.15, 0.2) is 0 Å². The van der Waals surface area contributed by atoms with Gasteiger partial charge in [0.25, 0.3) is 0 Å². The van der Waals surface area contributed by atoms with E-state index in [2.05, 4.69) is 27.5 Å². The molecular formula is C11H15N5O. The molecule has 1 saturated heterocycles. The van der Waals surface area contributed by atoms with Crippen molar-refractivity contribution in [3.63, 3.8) is 0 Å². The molecule has 1 aliphatic rings. The lowest BCUT2D eigenvalue weighted by Crippen LogP contribution is -2.16. The highest BCUT2D eigenvalue weighted by atomic mass is 16.5. The summed E-state index contributed by atoms with van der Waals surface area (Å²) in [7, 11) is 1.87. The summed E-state index contributed by atoms with van der Waals surface area (Å²) in [6.45, 7) is 3.20. The maximum Gasteiger partial charge on any atom is 0.244 e. The summed E-state index contributed by atoms with van der Waals surface area (Å²) in [6.07, 6.45) is 3.01. The molecule has 0 spiro atoms. The van der Waals surface area contributed by atoms with Gasteiger partial charge in [-0.25, -0.2) is 0 Å². The van der Waals surface area contributed by atoms with E-state index in [-0.39, 0.29) is 6.04 Å². The van der Waals surface area contributed by atoms with Crippen molar-refractivity contribution in [2.75, 3.05) is 6.54 Å². The Morgan fingerprint density at radius 1 is 1.53 bits per heavy atom. The number of nitrogens with one attached hydrogen (secondary N) is 1. The SMILES string of the molecule is CC1CCNC1c1nc(-c2ccn(C)n2)no1. The molecule has 90 valence electrons. The molecule has 2 aromatic rings. The zero-order valence-electron chi connectivity index (χ0n) is 9.92. The van der Waals surface area contributed by atoms with Gasteiger partial charge in [-0.1, -0.05) is 12.1 Å². The zero-order valence-corrected chi connectivity index (χ0v) is 9.92. The largest absolute Gasteiger partial charge is 0.337 e. The van der Waals surface area contributed by atoms with Gasteiger partial charge in [-0.3, -0.25) is 4.68 Å². The van der Waals surface area contributed by atoms with Crippen LogP contribution >= 0.6 is 0 Å². The molecule has 3 heterocycles. The number of rotatable bonds is 2.